The molecule has 2 fully saturated rings. The first kappa shape index (κ1) is 21.7. The maximum atomic E-state index is 12.2. The van der Waals surface area contributed by atoms with Crippen LogP contribution in [-0.2, 0) is 0 Å². The van der Waals surface area contributed by atoms with Gasteiger partial charge in [0.1, 0.15) is 12.4 Å². The molecule has 3 amide bonds. The average molecular weight is 415 g/mol. The molecule has 0 spiro atoms. The number of carbonyl (C=O) groups is 2. The van der Waals surface area contributed by atoms with Crippen LogP contribution in [0.5, 0.6) is 5.75 Å². The zero-order chi connectivity index (χ0) is 21.5. The summed E-state index contributed by atoms with van der Waals surface area (Å²) in [6.45, 7) is 6.43. The second-order valence-electron chi connectivity index (χ2n) is 8.02. The quantitative estimate of drug-likeness (QED) is 0.622. The standard InChI is InChI=1S/C21H29N5O4/c1-2-23-20(27)26-11-16-7-17(12-26)10-25(9-16)13-18(24-21(28)29)14-30-19-5-3-15(8-22)4-6-19/h3-6,16-18,24H,2,7,9-14H2,1H3,(H,23,27)(H,28,29). The summed E-state index contributed by atoms with van der Waals surface area (Å²) in [5, 5.41) is 23.5. The van der Waals surface area contributed by atoms with Crippen molar-refractivity contribution in [3.8, 4) is 11.8 Å². The summed E-state index contributed by atoms with van der Waals surface area (Å²) in [6.07, 6.45) is 0.0218. The lowest BCUT2D eigenvalue weighted by Gasteiger charge is -2.46. The number of carbonyl (C=O) groups excluding carboxylic acids is 1. The molecule has 9 nitrogen and oxygen atoms in total. The summed E-state index contributed by atoms with van der Waals surface area (Å²) in [5.74, 6) is 1.38. The summed E-state index contributed by atoms with van der Waals surface area (Å²) in [5.41, 5.74) is 0.545. The first-order valence-corrected chi connectivity index (χ1v) is 10.3. The van der Waals surface area contributed by atoms with E-state index in [4.69, 9.17) is 10.00 Å². The minimum atomic E-state index is -1.08. The minimum absolute atomic E-state index is 0.00175. The van der Waals surface area contributed by atoms with Gasteiger partial charge < -0.3 is 30.3 Å². The number of likely N-dealkylation sites (tertiary alicyclic amines) is 2. The van der Waals surface area contributed by atoms with Crippen LogP contribution in [0, 0.1) is 23.2 Å². The van der Waals surface area contributed by atoms with E-state index in [2.05, 4.69) is 21.6 Å². The van der Waals surface area contributed by atoms with Crippen molar-refractivity contribution in [3.05, 3.63) is 29.8 Å². The lowest BCUT2D eigenvalue weighted by molar-refractivity contribution is 0.0388. The number of fused-ring (bicyclic) bond motifs is 2. The monoisotopic (exact) mass is 415 g/mol. The van der Waals surface area contributed by atoms with E-state index in [1.165, 1.54) is 0 Å². The van der Waals surface area contributed by atoms with Crippen molar-refractivity contribution in [2.45, 2.75) is 19.4 Å². The largest absolute Gasteiger partial charge is 0.491 e. The molecule has 9 heteroatoms. The number of nitrogens with zero attached hydrogens (tertiary/aromatic N) is 3. The maximum absolute atomic E-state index is 12.2. The molecule has 1 aromatic rings. The molecule has 2 aliphatic rings. The predicted octanol–water partition coefficient (Wildman–Crippen LogP) is 1.56. The van der Waals surface area contributed by atoms with Gasteiger partial charge in [0.25, 0.3) is 0 Å². The zero-order valence-corrected chi connectivity index (χ0v) is 17.2. The lowest BCUT2D eigenvalue weighted by atomic mass is 9.84. The van der Waals surface area contributed by atoms with Crippen molar-refractivity contribution in [2.24, 2.45) is 11.8 Å². The zero-order valence-electron chi connectivity index (χ0n) is 17.2. The number of ether oxygens (including phenoxy) is 1. The number of rotatable bonds is 7. The van der Waals surface area contributed by atoms with E-state index >= 15 is 0 Å². The second-order valence-corrected chi connectivity index (χ2v) is 8.02. The molecule has 2 saturated heterocycles. The van der Waals surface area contributed by atoms with Gasteiger partial charge in [-0.3, -0.25) is 0 Å². The van der Waals surface area contributed by atoms with Crippen LogP contribution in [0.1, 0.15) is 18.9 Å². The van der Waals surface area contributed by atoms with Gasteiger partial charge in [0, 0.05) is 39.3 Å². The third-order valence-corrected chi connectivity index (χ3v) is 5.51. The van der Waals surface area contributed by atoms with Crippen LogP contribution in [0.15, 0.2) is 24.3 Å². The molecular weight excluding hydrogens is 386 g/mol. The van der Waals surface area contributed by atoms with E-state index in [1.807, 2.05) is 11.8 Å². The molecule has 3 rings (SSSR count). The van der Waals surface area contributed by atoms with Crippen molar-refractivity contribution < 1.29 is 19.4 Å². The predicted molar refractivity (Wildman–Crippen MR) is 110 cm³/mol. The van der Waals surface area contributed by atoms with Gasteiger partial charge >= 0.3 is 12.1 Å². The molecule has 3 atom stereocenters. The second kappa shape index (κ2) is 10.2. The normalized spacial score (nSPS) is 21.9. The summed E-state index contributed by atoms with van der Waals surface area (Å²) in [7, 11) is 0. The Morgan fingerprint density at radius 2 is 1.90 bits per heavy atom. The molecular formula is C21H29N5O4. The Hall–Kier alpha value is -2.99. The fraction of sp³-hybridized carbons (Fsp3) is 0.571. The molecule has 0 aliphatic carbocycles. The Labute approximate surface area is 176 Å². The number of nitrogens with one attached hydrogen (secondary N) is 2. The Balaban J connectivity index is 1.54. The highest BCUT2D eigenvalue weighted by molar-refractivity contribution is 5.74. The highest BCUT2D eigenvalue weighted by Gasteiger charge is 2.36. The average Bonchev–Trinajstić information content (AvgIpc) is 2.71. The SMILES string of the molecule is CCNC(=O)N1CC2CC(CN(CC(COc3ccc(C#N)cc3)NC(=O)O)C2)C1. The summed E-state index contributed by atoms with van der Waals surface area (Å²) in [4.78, 5) is 27.6. The van der Waals surface area contributed by atoms with Gasteiger partial charge in [-0.1, -0.05) is 0 Å². The van der Waals surface area contributed by atoms with E-state index < -0.39 is 6.09 Å². The van der Waals surface area contributed by atoms with Gasteiger partial charge in [0.05, 0.1) is 17.7 Å². The van der Waals surface area contributed by atoms with Crippen LogP contribution in [0.3, 0.4) is 0 Å². The van der Waals surface area contributed by atoms with Crippen molar-refractivity contribution in [2.75, 3.05) is 45.9 Å². The van der Waals surface area contributed by atoms with Crippen LogP contribution in [-0.4, -0.2) is 78.9 Å². The Morgan fingerprint density at radius 3 is 2.47 bits per heavy atom. The van der Waals surface area contributed by atoms with Gasteiger partial charge in [-0.15, -0.1) is 0 Å². The first-order valence-electron chi connectivity index (χ1n) is 10.3. The third-order valence-electron chi connectivity index (χ3n) is 5.51. The number of urea groups is 1. The lowest BCUT2D eigenvalue weighted by Crippen LogP contribution is -2.58. The first-order chi connectivity index (χ1) is 14.5. The molecule has 3 unspecified atom stereocenters. The number of piperidine rings is 2. The van der Waals surface area contributed by atoms with Crippen molar-refractivity contribution >= 4 is 12.1 Å². The minimum Gasteiger partial charge on any atom is -0.491 e. The topological polar surface area (TPSA) is 118 Å². The fourth-order valence-electron chi connectivity index (χ4n) is 4.41. The Kier molecular flexibility index (Phi) is 7.36. The summed E-state index contributed by atoms with van der Waals surface area (Å²) < 4.78 is 5.76. The van der Waals surface area contributed by atoms with Crippen LogP contribution in [0.25, 0.3) is 0 Å². The molecule has 30 heavy (non-hydrogen) atoms. The highest BCUT2D eigenvalue weighted by Crippen LogP contribution is 2.28. The smallest absolute Gasteiger partial charge is 0.405 e. The molecule has 2 heterocycles. The number of hydrogen-bond donors (Lipinski definition) is 3. The van der Waals surface area contributed by atoms with Gasteiger partial charge in [0.15, 0.2) is 0 Å². The number of nitriles is 1. The summed E-state index contributed by atoms with van der Waals surface area (Å²) >= 11 is 0. The Morgan fingerprint density at radius 1 is 1.23 bits per heavy atom. The highest BCUT2D eigenvalue weighted by atomic mass is 16.5. The molecule has 0 saturated carbocycles. The van der Waals surface area contributed by atoms with Gasteiger partial charge in [-0.25, -0.2) is 9.59 Å². The van der Waals surface area contributed by atoms with Crippen molar-refractivity contribution in [1.29, 1.82) is 5.26 Å². The number of carboxylic acid groups (broad SMARTS) is 1. The molecule has 0 radical (unpaired) electrons. The fourth-order valence-corrected chi connectivity index (χ4v) is 4.41. The number of amides is 3. The van der Waals surface area contributed by atoms with E-state index in [1.54, 1.807) is 24.3 Å². The van der Waals surface area contributed by atoms with Crippen molar-refractivity contribution in [1.82, 2.24) is 20.4 Å². The molecule has 162 valence electrons. The van der Waals surface area contributed by atoms with Crippen LogP contribution >= 0.6 is 0 Å². The van der Waals surface area contributed by atoms with Crippen LogP contribution < -0.4 is 15.4 Å². The maximum Gasteiger partial charge on any atom is 0.405 e. The van der Waals surface area contributed by atoms with Gasteiger partial charge in [0.2, 0.25) is 0 Å². The molecule has 3 N–H and O–H groups in total. The van der Waals surface area contributed by atoms with E-state index in [9.17, 15) is 14.7 Å². The van der Waals surface area contributed by atoms with E-state index in [0.717, 1.165) is 32.6 Å². The Bertz CT molecular complexity index is 765. The molecule has 0 aromatic heterocycles. The van der Waals surface area contributed by atoms with Gasteiger partial charge in [-0.05, 0) is 49.4 Å². The van der Waals surface area contributed by atoms with Crippen molar-refractivity contribution in [3.63, 3.8) is 0 Å². The van der Waals surface area contributed by atoms with Crippen LogP contribution in [0.2, 0.25) is 0 Å². The van der Waals surface area contributed by atoms with Gasteiger partial charge in [-0.2, -0.15) is 5.26 Å². The molecule has 2 bridgehead atoms. The van der Waals surface area contributed by atoms with Crippen LogP contribution in [0.4, 0.5) is 9.59 Å². The molecule has 2 aliphatic heterocycles. The molecule has 1 aromatic carbocycles. The summed E-state index contributed by atoms with van der Waals surface area (Å²) in [6, 6.07) is 8.43. The van der Waals surface area contributed by atoms with E-state index in [0.29, 0.717) is 36.2 Å². The third kappa shape index (κ3) is 6.00. The van der Waals surface area contributed by atoms with E-state index in [-0.39, 0.29) is 18.7 Å². The number of hydrogen-bond acceptors (Lipinski definition) is 5. The number of benzene rings is 1.